The minimum Gasteiger partial charge on any atom is -0.384 e. The molecule has 2 aliphatic rings. The summed E-state index contributed by atoms with van der Waals surface area (Å²) in [5, 5.41) is 3.35. The SMILES string of the molecule is COCC1(C(=O)N(C)CCCCCC2CC(c3ccccc3)NN2)CCNCC1. The fourth-order valence-electron chi connectivity index (χ4n) is 4.74. The van der Waals surface area contributed by atoms with Crippen molar-refractivity contribution < 1.29 is 9.53 Å². The van der Waals surface area contributed by atoms with Gasteiger partial charge in [0, 0.05) is 32.8 Å². The Morgan fingerprint density at radius 1 is 1.14 bits per heavy atom. The van der Waals surface area contributed by atoms with Gasteiger partial charge >= 0.3 is 0 Å². The van der Waals surface area contributed by atoms with E-state index in [9.17, 15) is 4.79 Å². The van der Waals surface area contributed by atoms with Gasteiger partial charge in [-0.05, 0) is 50.8 Å². The van der Waals surface area contributed by atoms with E-state index in [0.717, 1.165) is 51.7 Å². The molecular weight excluding hydrogens is 364 g/mol. The first kappa shape index (κ1) is 22.2. The number of ether oxygens (including phenoxy) is 1. The zero-order chi connectivity index (χ0) is 20.5. The minimum atomic E-state index is -0.333. The molecule has 29 heavy (non-hydrogen) atoms. The average molecular weight is 403 g/mol. The van der Waals surface area contributed by atoms with Gasteiger partial charge in [0.25, 0.3) is 0 Å². The minimum absolute atomic E-state index is 0.258. The highest BCUT2D eigenvalue weighted by Crippen LogP contribution is 2.31. The lowest BCUT2D eigenvalue weighted by atomic mass is 9.78. The molecule has 2 unspecified atom stereocenters. The van der Waals surface area contributed by atoms with Gasteiger partial charge in [0.05, 0.1) is 12.0 Å². The third-order valence-electron chi connectivity index (χ3n) is 6.51. The Balaban J connectivity index is 1.33. The second-order valence-corrected chi connectivity index (χ2v) is 8.72. The molecule has 2 atom stereocenters. The molecule has 0 radical (unpaired) electrons. The van der Waals surface area contributed by atoms with Crippen LogP contribution in [-0.2, 0) is 9.53 Å². The van der Waals surface area contributed by atoms with Crippen LogP contribution in [0.2, 0.25) is 0 Å². The Bertz CT molecular complexity index is 613. The van der Waals surface area contributed by atoms with E-state index in [1.165, 1.54) is 18.4 Å². The molecular formula is C23H38N4O2. The zero-order valence-electron chi connectivity index (χ0n) is 18.1. The number of piperidine rings is 1. The van der Waals surface area contributed by atoms with Gasteiger partial charge in [0.2, 0.25) is 5.91 Å². The number of amides is 1. The van der Waals surface area contributed by atoms with Crippen molar-refractivity contribution in [3.63, 3.8) is 0 Å². The first-order valence-corrected chi connectivity index (χ1v) is 11.2. The van der Waals surface area contributed by atoms with Gasteiger partial charge in [-0.2, -0.15) is 0 Å². The standard InChI is InChI=1S/C23H38N4O2/c1-27(22(28)23(18-29-2)12-14-24-15-13-23)16-8-4-7-11-20-17-21(26-25-20)19-9-5-3-6-10-19/h3,5-6,9-10,20-21,24-26H,4,7-8,11-18H2,1-2H3. The van der Waals surface area contributed by atoms with Gasteiger partial charge in [0.15, 0.2) is 0 Å². The van der Waals surface area contributed by atoms with Gasteiger partial charge in [-0.1, -0.05) is 43.2 Å². The van der Waals surface area contributed by atoms with Crippen molar-refractivity contribution in [3.8, 4) is 0 Å². The number of carbonyl (C=O) groups excluding carboxylic acids is 1. The van der Waals surface area contributed by atoms with E-state index in [1.54, 1.807) is 7.11 Å². The summed E-state index contributed by atoms with van der Waals surface area (Å²) in [6.45, 7) is 3.16. The topological polar surface area (TPSA) is 65.6 Å². The molecule has 1 aromatic rings. The maximum Gasteiger partial charge on any atom is 0.230 e. The highest BCUT2D eigenvalue weighted by atomic mass is 16.5. The van der Waals surface area contributed by atoms with Crippen LogP contribution in [0.1, 0.15) is 56.6 Å². The Morgan fingerprint density at radius 2 is 1.90 bits per heavy atom. The normalized spacial score (nSPS) is 23.8. The molecule has 2 fully saturated rings. The van der Waals surface area contributed by atoms with Crippen LogP contribution in [0.4, 0.5) is 0 Å². The number of benzene rings is 1. The second kappa shape index (κ2) is 11.1. The van der Waals surface area contributed by atoms with E-state index in [0.29, 0.717) is 18.7 Å². The summed E-state index contributed by atoms with van der Waals surface area (Å²) in [5.41, 5.74) is 7.90. The largest absolute Gasteiger partial charge is 0.384 e. The van der Waals surface area contributed by atoms with E-state index in [2.05, 4.69) is 46.5 Å². The van der Waals surface area contributed by atoms with Crippen LogP contribution in [0.25, 0.3) is 0 Å². The first-order chi connectivity index (χ1) is 14.1. The Kier molecular flexibility index (Phi) is 8.48. The molecule has 3 N–H and O–H groups in total. The molecule has 0 spiro atoms. The van der Waals surface area contributed by atoms with Crippen molar-refractivity contribution in [1.29, 1.82) is 0 Å². The number of hydrazine groups is 1. The van der Waals surface area contributed by atoms with Gasteiger partial charge in [-0.15, -0.1) is 0 Å². The lowest BCUT2D eigenvalue weighted by Gasteiger charge is -2.38. The summed E-state index contributed by atoms with van der Waals surface area (Å²) in [6.07, 6.45) is 7.45. The highest BCUT2D eigenvalue weighted by Gasteiger charge is 2.41. The van der Waals surface area contributed by atoms with E-state index < -0.39 is 0 Å². The number of carbonyl (C=O) groups is 1. The van der Waals surface area contributed by atoms with Crippen molar-refractivity contribution in [2.24, 2.45) is 5.41 Å². The molecule has 162 valence electrons. The van der Waals surface area contributed by atoms with E-state index in [-0.39, 0.29) is 11.3 Å². The molecule has 3 rings (SSSR count). The number of nitrogens with one attached hydrogen (secondary N) is 3. The lowest BCUT2D eigenvalue weighted by Crippen LogP contribution is -2.50. The lowest BCUT2D eigenvalue weighted by molar-refractivity contribution is -0.146. The number of hydrogen-bond donors (Lipinski definition) is 3. The summed E-state index contributed by atoms with van der Waals surface area (Å²) in [5.74, 6) is 0.258. The summed E-state index contributed by atoms with van der Waals surface area (Å²) < 4.78 is 5.41. The predicted octanol–water partition coefficient (Wildman–Crippen LogP) is 2.63. The van der Waals surface area contributed by atoms with E-state index in [4.69, 9.17) is 4.74 Å². The van der Waals surface area contributed by atoms with Crippen molar-refractivity contribution >= 4 is 5.91 Å². The Morgan fingerprint density at radius 3 is 2.62 bits per heavy atom. The number of methoxy groups -OCH3 is 1. The molecule has 0 aromatic heterocycles. The summed E-state index contributed by atoms with van der Waals surface area (Å²) >= 11 is 0. The quantitative estimate of drug-likeness (QED) is 0.525. The van der Waals surface area contributed by atoms with Gasteiger partial charge in [0.1, 0.15) is 0 Å². The maximum atomic E-state index is 13.1. The van der Waals surface area contributed by atoms with Crippen molar-refractivity contribution in [2.75, 3.05) is 40.4 Å². The van der Waals surface area contributed by atoms with E-state index >= 15 is 0 Å². The highest BCUT2D eigenvalue weighted by molar-refractivity contribution is 5.82. The number of nitrogens with zero attached hydrogens (tertiary/aromatic N) is 1. The number of unbranched alkanes of at least 4 members (excludes halogenated alkanes) is 2. The molecule has 1 aromatic carbocycles. The number of hydrogen-bond acceptors (Lipinski definition) is 5. The molecule has 6 nitrogen and oxygen atoms in total. The molecule has 0 saturated carbocycles. The van der Waals surface area contributed by atoms with Gasteiger partial charge < -0.3 is 15.0 Å². The molecule has 2 heterocycles. The van der Waals surface area contributed by atoms with Crippen molar-refractivity contribution in [3.05, 3.63) is 35.9 Å². The van der Waals surface area contributed by atoms with Crippen LogP contribution in [0.3, 0.4) is 0 Å². The molecule has 0 aliphatic carbocycles. The summed E-state index contributed by atoms with van der Waals surface area (Å²) in [7, 11) is 3.65. The first-order valence-electron chi connectivity index (χ1n) is 11.2. The van der Waals surface area contributed by atoms with Crippen LogP contribution < -0.4 is 16.2 Å². The number of rotatable bonds is 10. The fraction of sp³-hybridized carbons (Fsp3) is 0.696. The van der Waals surface area contributed by atoms with Crippen LogP contribution in [0, 0.1) is 5.41 Å². The summed E-state index contributed by atoms with van der Waals surface area (Å²) in [6, 6.07) is 11.6. The monoisotopic (exact) mass is 402 g/mol. The molecule has 1 amide bonds. The zero-order valence-corrected chi connectivity index (χ0v) is 18.1. The third kappa shape index (κ3) is 6.01. The predicted molar refractivity (Wildman–Crippen MR) is 116 cm³/mol. The fourth-order valence-corrected chi connectivity index (χ4v) is 4.74. The van der Waals surface area contributed by atoms with Crippen LogP contribution in [0.15, 0.2) is 30.3 Å². The smallest absolute Gasteiger partial charge is 0.230 e. The molecule has 2 aliphatic heterocycles. The van der Waals surface area contributed by atoms with E-state index in [1.807, 2.05) is 11.9 Å². The van der Waals surface area contributed by atoms with Gasteiger partial charge in [-0.3, -0.25) is 15.6 Å². The molecule has 6 heteroatoms. The third-order valence-corrected chi connectivity index (χ3v) is 6.51. The van der Waals surface area contributed by atoms with Crippen molar-refractivity contribution in [2.45, 2.75) is 57.0 Å². The molecule has 0 bridgehead atoms. The van der Waals surface area contributed by atoms with Crippen LogP contribution >= 0.6 is 0 Å². The molecule has 2 saturated heterocycles. The van der Waals surface area contributed by atoms with Crippen LogP contribution in [0.5, 0.6) is 0 Å². The Labute approximate surface area is 175 Å². The second-order valence-electron chi connectivity index (χ2n) is 8.72. The Hall–Kier alpha value is -1.47. The van der Waals surface area contributed by atoms with Gasteiger partial charge in [-0.25, -0.2) is 0 Å². The van der Waals surface area contributed by atoms with Crippen molar-refractivity contribution in [1.82, 2.24) is 21.1 Å². The van der Waals surface area contributed by atoms with Crippen LogP contribution in [-0.4, -0.2) is 57.2 Å². The average Bonchev–Trinajstić information content (AvgIpc) is 3.23. The maximum absolute atomic E-state index is 13.1. The summed E-state index contributed by atoms with van der Waals surface area (Å²) in [4.78, 5) is 15.0.